The SMILES string of the molecule is CC(C)S(=O)(=O)Nc1cccnc1N1CCCC1. The first-order chi connectivity index (χ1) is 8.50. The maximum absolute atomic E-state index is 11.9. The minimum atomic E-state index is -3.32. The summed E-state index contributed by atoms with van der Waals surface area (Å²) in [5.74, 6) is 0.735. The Morgan fingerprint density at radius 2 is 2.00 bits per heavy atom. The van der Waals surface area contributed by atoms with Crippen LogP contribution in [0.5, 0.6) is 0 Å². The molecule has 5 nitrogen and oxygen atoms in total. The number of nitrogens with one attached hydrogen (secondary N) is 1. The molecule has 0 atom stereocenters. The van der Waals surface area contributed by atoms with Crippen LogP contribution in [0.2, 0.25) is 0 Å². The number of hydrogen-bond acceptors (Lipinski definition) is 4. The number of aromatic nitrogens is 1. The predicted molar refractivity (Wildman–Crippen MR) is 73.4 cm³/mol. The van der Waals surface area contributed by atoms with Crippen molar-refractivity contribution in [2.24, 2.45) is 0 Å². The first kappa shape index (κ1) is 13.1. The van der Waals surface area contributed by atoms with E-state index in [1.165, 1.54) is 0 Å². The van der Waals surface area contributed by atoms with Crippen molar-refractivity contribution < 1.29 is 8.42 Å². The number of sulfonamides is 1. The Morgan fingerprint density at radius 3 is 2.61 bits per heavy atom. The Bertz CT molecular complexity index is 508. The van der Waals surface area contributed by atoms with E-state index in [9.17, 15) is 8.42 Å². The van der Waals surface area contributed by atoms with Crippen molar-refractivity contribution in [3.8, 4) is 0 Å². The Balaban J connectivity index is 2.28. The molecule has 0 saturated carbocycles. The molecule has 0 aromatic carbocycles. The molecule has 1 aromatic rings. The van der Waals surface area contributed by atoms with Gasteiger partial charge in [0.05, 0.1) is 10.9 Å². The summed E-state index contributed by atoms with van der Waals surface area (Å²) in [6.07, 6.45) is 3.96. The largest absolute Gasteiger partial charge is 0.355 e. The Morgan fingerprint density at radius 1 is 1.33 bits per heavy atom. The number of nitrogens with zero attached hydrogens (tertiary/aromatic N) is 2. The molecule has 100 valence electrons. The van der Waals surface area contributed by atoms with E-state index in [-0.39, 0.29) is 0 Å². The highest BCUT2D eigenvalue weighted by Crippen LogP contribution is 2.27. The molecule has 0 unspecified atom stereocenters. The van der Waals surface area contributed by atoms with Gasteiger partial charge in [-0.25, -0.2) is 13.4 Å². The van der Waals surface area contributed by atoms with Gasteiger partial charge in [0.15, 0.2) is 5.82 Å². The van der Waals surface area contributed by atoms with Gasteiger partial charge in [-0.15, -0.1) is 0 Å². The standard InChI is InChI=1S/C12H19N3O2S/c1-10(2)18(16,17)14-11-6-5-7-13-12(11)15-8-3-4-9-15/h5-7,10,14H,3-4,8-9H2,1-2H3. The summed E-state index contributed by atoms with van der Waals surface area (Å²) >= 11 is 0. The fraction of sp³-hybridized carbons (Fsp3) is 0.583. The zero-order valence-electron chi connectivity index (χ0n) is 10.8. The van der Waals surface area contributed by atoms with Crippen molar-refractivity contribution in [3.63, 3.8) is 0 Å². The van der Waals surface area contributed by atoms with Gasteiger partial charge in [-0.3, -0.25) is 4.72 Å². The lowest BCUT2D eigenvalue weighted by Crippen LogP contribution is -2.26. The van der Waals surface area contributed by atoms with Crippen LogP contribution in [0.4, 0.5) is 11.5 Å². The lowest BCUT2D eigenvalue weighted by atomic mass is 10.4. The molecule has 1 N–H and O–H groups in total. The van der Waals surface area contributed by atoms with Crippen molar-refractivity contribution in [1.29, 1.82) is 0 Å². The van der Waals surface area contributed by atoms with E-state index in [2.05, 4.69) is 14.6 Å². The molecule has 1 fully saturated rings. The maximum atomic E-state index is 11.9. The summed E-state index contributed by atoms with van der Waals surface area (Å²) in [7, 11) is -3.32. The zero-order chi connectivity index (χ0) is 13.2. The van der Waals surface area contributed by atoms with Gasteiger partial charge in [-0.2, -0.15) is 0 Å². The minimum absolute atomic E-state index is 0.455. The van der Waals surface area contributed by atoms with Gasteiger partial charge in [-0.05, 0) is 38.8 Å². The van der Waals surface area contributed by atoms with Crippen LogP contribution in [0.1, 0.15) is 26.7 Å². The van der Waals surface area contributed by atoms with Crippen molar-refractivity contribution in [1.82, 2.24) is 4.98 Å². The summed E-state index contributed by atoms with van der Waals surface area (Å²) in [6.45, 7) is 5.20. The molecular weight excluding hydrogens is 250 g/mol. The molecule has 0 spiro atoms. The Hall–Kier alpha value is -1.30. The molecule has 0 bridgehead atoms. The smallest absolute Gasteiger partial charge is 0.235 e. The van der Waals surface area contributed by atoms with Crippen LogP contribution in [0.15, 0.2) is 18.3 Å². The average molecular weight is 269 g/mol. The van der Waals surface area contributed by atoms with E-state index < -0.39 is 15.3 Å². The lowest BCUT2D eigenvalue weighted by molar-refractivity contribution is 0.592. The molecule has 6 heteroatoms. The van der Waals surface area contributed by atoms with Gasteiger partial charge in [0.25, 0.3) is 0 Å². The lowest BCUT2D eigenvalue weighted by Gasteiger charge is -2.21. The third-order valence-electron chi connectivity index (χ3n) is 3.07. The van der Waals surface area contributed by atoms with Gasteiger partial charge in [0.2, 0.25) is 10.0 Å². The molecule has 1 saturated heterocycles. The first-order valence-corrected chi connectivity index (χ1v) is 7.77. The fourth-order valence-electron chi connectivity index (χ4n) is 1.93. The molecular formula is C12H19N3O2S. The van der Waals surface area contributed by atoms with Crippen molar-refractivity contribution >= 4 is 21.5 Å². The third-order valence-corrected chi connectivity index (χ3v) is 4.81. The maximum Gasteiger partial charge on any atom is 0.235 e. The molecule has 0 aliphatic carbocycles. The van der Waals surface area contributed by atoms with E-state index in [1.54, 1.807) is 32.2 Å². The van der Waals surface area contributed by atoms with E-state index in [0.717, 1.165) is 31.7 Å². The van der Waals surface area contributed by atoms with Crippen LogP contribution >= 0.6 is 0 Å². The normalized spacial score (nSPS) is 16.3. The summed E-state index contributed by atoms with van der Waals surface area (Å²) in [4.78, 5) is 6.43. The van der Waals surface area contributed by atoms with Crippen LogP contribution < -0.4 is 9.62 Å². The van der Waals surface area contributed by atoms with Crippen LogP contribution in [-0.4, -0.2) is 31.7 Å². The van der Waals surface area contributed by atoms with Crippen LogP contribution in [0.25, 0.3) is 0 Å². The number of anilines is 2. The molecule has 2 rings (SSSR count). The van der Waals surface area contributed by atoms with Gasteiger partial charge >= 0.3 is 0 Å². The predicted octanol–water partition coefficient (Wildman–Crippen LogP) is 1.83. The molecule has 1 aliphatic rings. The summed E-state index contributed by atoms with van der Waals surface area (Å²) in [5, 5.41) is -0.455. The van der Waals surface area contributed by atoms with E-state index in [0.29, 0.717) is 5.69 Å². The quantitative estimate of drug-likeness (QED) is 0.906. The van der Waals surface area contributed by atoms with Gasteiger partial charge in [0.1, 0.15) is 0 Å². The fourth-order valence-corrected chi connectivity index (χ4v) is 2.63. The second kappa shape index (κ2) is 5.14. The monoisotopic (exact) mass is 269 g/mol. The Kier molecular flexibility index (Phi) is 3.75. The highest BCUT2D eigenvalue weighted by atomic mass is 32.2. The van der Waals surface area contributed by atoms with Crippen LogP contribution in [-0.2, 0) is 10.0 Å². The summed E-state index contributed by atoms with van der Waals surface area (Å²) in [6, 6.07) is 3.51. The highest BCUT2D eigenvalue weighted by Gasteiger charge is 2.21. The topological polar surface area (TPSA) is 62.3 Å². The Labute approximate surface area is 108 Å². The van der Waals surface area contributed by atoms with Crippen molar-refractivity contribution in [2.45, 2.75) is 31.9 Å². The number of rotatable bonds is 4. The second-order valence-electron chi connectivity index (χ2n) is 4.76. The van der Waals surface area contributed by atoms with E-state index >= 15 is 0 Å². The molecule has 0 amide bonds. The molecule has 1 aromatic heterocycles. The highest BCUT2D eigenvalue weighted by molar-refractivity contribution is 7.93. The molecule has 2 heterocycles. The second-order valence-corrected chi connectivity index (χ2v) is 7.00. The van der Waals surface area contributed by atoms with Crippen LogP contribution in [0, 0.1) is 0 Å². The van der Waals surface area contributed by atoms with Crippen molar-refractivity contribution in [2.75, 3.05) is 22.7 Å². The van der Waals surface area contributed by atoms with E-state index in [1.807, 2.05) is 0 Å². The summed E-state index contributed by atoms with van der Waals surface area (Å²) < 4.78 is 26.5. The number of pyridine rings is 1. The zero-order valence-corrected chi connectivity index (χ0v) is 11.6. The van der Waals surface area contributed by atoms with Crippen LogP contribution in [0.3, 0.4) is 0 Å². The number of hydrogen-bond donors (Lipinski definition) is 1. The van der Waals surface area contributed by atoms with Gasteiger partial charge in [-0.1, -0.05) is 0 Å². The minimum Gasteiger partial charge on any atom is -0.355 e. The molecule has 18 heavy (non-hydrogen) atoms. The van der Waals surface area contributed by atoms with Gasteiger partial charge in [0, 0.05) is 19.3 Å². The molecule has 0 radical (unpaired) electrons. The van der Waals surface area contributed by atoms with Gasteiger partial charge < -0.3 is 4.90 Å². The van der Waals surface area contributed by atoms with Crippen molar-refractivity contribution in [3.05, 3.63) is 18.3 Å². The first-order valence-electron chi connectivity index (χ1n) is 6.22. The molecule has 1 aliphatic heterocycles. The van der Waals surface area contributed by atoms with E-state index in [4.69, 9.17) is 0 Å². The summed E-state index contributed by atoms with van der Waals surface area (Å²) in [5.41, 5.74) is 0.577. The third kappa shape index (κ3) is 2.75. The average Bonchev–Trinajstić information content (AvgIpc) is 2.82.